The maximum Gasteiger partial charge on any atom is 0.255 e. The second-order valence-electron chi connectivity index (χ2n) is 2.68. The molecule has 0 saturated heterocycles. The first-order chi connectivity index (χ1) is 5.27. The Hall–Kier alpha value is -0.660. The Morgan fingerprint density at radius 1 is 1.20 bits per heavy atom. The lowest BCUT2D eigenvalue weighted by molar-refractivity contribution is 0.756. The van der Waals surface area contributed by atoms with E-state index in [0.717, 1.165) is 17.8 Å². The average Bonchev–Trinajstić information content (AvgIpc) is 2.34. The summed E-state index contributed by atoms with van der Waals surface area (Å²) in [6.45, 7) is 3.16. The van der Waals surface area contributed by atoms with Crippen LogP contribution in [0.1, 0.15) is 17.1 Å². The van der Waals surface area contributed by atoms with E-state index in [0.29, 0.717) is 12.4 Å². The molecule has 6 nitrogen and oxygen atoms in total. The third-order valence-electron chi connectivity index (χ3n) is 1.81. The molecule has 0 aromatic carbocycles. The SMILES string of the molecule is Cc1nc2c(c(=O)[nH]1)CNC2.Cl.Cl.O.O. The van der Waals surface area contributed by atoms with Gasteiger partial charge in [-0.2, -0.15) is 0 Å². The highest BCUT2D eigenvalue weighted by Crippen LogP contribution is 2.06. The smallest absolute Gasteiger partial charge is 0.255 e. The first-order valence-corrected chi connectivity index (χ1v) is 3.57. The van der Waals surface area contributed by atoms with Gasteiger partial charge in [0.05, 0.1) is 11.3 Å². The predicted molar refractivity (Wildman–Crippen MR) is 61.9 cm³/mol. The van der Waals surface area contributed by atoms with E-state index in [1.54, 1.807) is 6.92 Å². The number of aromatic amines is 1. The van der Waals surface area contributed by atoms with E-state index in [9.17, 15) is 4.79 Å². The molecule has 2 heterocycles. The van der Waals surface area contributed by atoms with Gasteiger partial charge < -0.3 is 21.3 Å². The van der Waals surface area contributed by atoms with Gasteiger partial charge in [0.1, 0.15) is 5.82 Å². The minimum atomic E-state index is -0.00231. The van der Waals surface area contributed by atoms with Crippen molar-refractivity contribution in [2.45, 2.75) is 20.0 Å². The van der Waals surface area contributed by atoms with Crippen molar-refractivity contribution >= 4 is 24.8 Å². The molecule has 0 fully saturated rings. The Labute approximate surface area is 98.9 Å². The van der Waals surface area contributed by atoms with Crippen molar-refractivity contribution in [2.75, 3.05) is 0 Å². The molecule has 0 aliphatic carbocycles. The van der Waals surface area contributed by atoms with Crippen LogP contribution in [-0.4, -0.2) is 20.9 Å². The van der Waals surface area contributed by atoms with E-state index in [-0.39, 0.29) is 41.3 Å². The molecule has 0 saturated carbocycles. The number of rotatable bonds is 0. The molecular weight excluding hydrogens is 245 g/mol. The van der Waals surface area contributed by atoms with Crippen molar-refractivity contribution in [3.63, 3.8) is 0 Å². The third kappa shape index (κ3) is 3.77. The standard InChI is InChI=1S/C7H9N3O.2ClH.2H2O/c1-4-9-6-3-8-2-5(6)7(11)10-4;;;;/h8H,2-3H2,1H3,(H,9,10,11);2*1H;2*1H2. The molecule has 1 aliphatic rings. The fourth-order valence-electron chi connectivity index (χ4n) is 1.30. The summed E-state index contributed by atoms with van der Waals surface area (Å²) in [6, 6.07) is 0. The molecule has 1 aliphatic heterocycles. The number of nitrogens with zero attached hydrogens (tertiary/aromatic N) is 1. The third-order valence-corrected chi connectivity index (χ3v) is 1.81. The lowest BCUT2D eigenvalue weighted by Gasteiger charge is -1.96. The fraction of sp³-hybridized carbons (Fsp3) is 0.429. The fourth-order valence-corrected chi connectivity index (χ4v) is 1.30. The van der Waals surface area contributed by atoms with Crippen LogP contribution in [0, 0.1) is 6.92 Å². The van der Waals surface area contributed by atoms with Gasteiger partial charge in [0.25, 0.3) is 5.56 Å². The lowest BCUT2D eigenvalue weighted by Crippen LogP contribution is -2.15. The average molecular weight is 260 g/mol. The quantitative estimate of drug-likeness (QED) is 0.614. The molecule has 0 bridgehead atoms. The summed E-state index contributed by atoms with van der Waals surface area (Å²) in [5.41, 5.74) is 1.68. The number of aromatic nitrogens is 2. The number of hydrogen-bond acceptors (Lipinski definition) is 3. The molecule has 8 heteroatoms. The number of fused-ring (bicyclic) bond motifs is 1. The summed E-state index contributed by atoms with van der Waals surface area (Å²) in [6.07, 6.45) is 0. The van der Waals surface area contributed by atoms with Gasteiger partial charge in [-0.3, -0.25) is 4.79 Å². The highest BCUT2D eigenvalue weighted by molar-refractivity contribution is 5.85. The Balaban J connectivity index is -0.000000360. The largest absolute Gasteiger partial charge is 0.412 e. The van der Waals surface area contributed by atoms with Crippen LogP contribution in [0.3, 0.4) is 0 Å². The van der Waals surface area contributed by atoms with Crippen molar-refractivity contribution in [3.05, 3.63) is 27.4 Å². The lowest BCUT2D eigenvalue weighted by atomic mass is 10.3. The van der Waals surface area contributed by atoms with Crippen LogP contribution < -0.4 is 10.9 Å². The number of hydrogen-bond donors (Lipinski definition) is 2. The van der Waals surface area contributed by atoms with Gasteiger partial charge in [-0.05, 0) is 6.92 Å². The van der Waals surface area contributed by atoms with E-state index in [2.05, 4.69) is 15.3 Å². The van der Waals surface area contributed by atoms with Gasteiger partial charge >= 0.3 is 0 Å². The number of halogens is 2. The van der Waals surface area contributed by atoms with Crippen LogP contribution in [0.15, 0.2) is 4.79 Å². The van der Waals surface area contributed by atoms with Gasteiger partial charge in [-0.25, -0.2) is 4.98 Å². The highest BCUT2D eigenvalue weighted by atomic mass is 35.5. The molecule has 1 aromatic rings. The van der Waals surface area contributed by atoms with E-state index >= 15 is 0 Å². The normalized spacial score (nSPS) is 11.0. The Kier molecular flexibility index (Phi) is 10.1. The first-order valence-electron chi connectivity index (χ1n) is 3.57. The Bertz CT molecular complexity index is 356. The Morgan fingerprint density at radius 3 is 2.40 bits per heavy atom. The molecule has 6 N–H and O–H groups in total. The summed E-state index contributed by atoms with van der Waals surface area (Å²) >= 11 is 0. The second kappa shape index (κ2) is 7.61. The molecule has 2 rings (SSSR count). The molecule has 0 atom stereocenters. The summed E-state index contributed by atoms with van der Waals surface area (Å²) in [4.78, 5) is 18.1. The predicted octanol–water partition coefficient (Wildman–Crippen LogP) is -1.12. The van der Waals surface area contributed by atoms with Crippen molar-refractivity contribution in [1.82, 2.24) is 15.3 Å². The van der Waals surface area contributed by atoms with Crippen molar-refractivity contribution in [2.24, 2.45) is 0 Å². The monoisotopic (exact) mass is 259 g/mol. The van der Waals surface area contributed by atoms with Gasteiger partial charge in [0.15, 0.2) is 0 Å². The van der Waals surface area contributed by atoms with Crippen molar-refractivity contribution in [3.8, 4) is 0 Å². The second-order valence-corrected chi connectivity index (χ2v) is 2.68. The van der Waals surface area contributed by atoms with Crippen LogP contribution in [-0.2, 0) is 13.1 Å². The number of nitrogens with one attached hydrogen (secondary N) is 2. The van der Waals surface area contributed by atoms with E-state index in [1.165, 1.54) is 0 Å². The number of H-pyrrole nitrogens is 1. The molecule has 0 amide bonds. The Morgan fingerprint density at radius 2 is 1.80 bits per heavy atom. The topological polar surface area (TPSA) is 121 Å². The van der Waals surface area contributed by atoms with Crippen LogP contribution in [0.4, 0.5) is 0 Å². The first kappa shape index (κ1) is 19.8. The minimum absolute atomic E-state index is 0. The van der Waals surface area contributed by atoms with Gasteiger partial charge in [0.2, 0.25) is 0 Å². The summed E-state index contributed by atoms with van der Waals surface area (Å²) in [5.74, 6) is 0.692. The maximum absolute atomic E-state index is 11.2. The molecule has 1 aromatic heterocycles. The summed E-state index contributed by atoms with van der Waals surface area (Å²) in [5, 5.41) is 3.07. The zero-order chi connectivity index (χ0) is 7.84. The van der Waals surface area contributed by atoms with E-state index in [1.807, 2.05) is 0 Å². The molecular formula is C7H15Cl2N3O3. The van der Waals surface area contributed by atoms with Crippen molar-refractivity contribution < 1.29 is 11.0 Å². The van der Waals surface area contributed by atoms with Crippen molar-refractivity contribution in [1.29, 1.82) is 0 Å². The van der Waals surface area contributed by atoms with E-state index < -0.39 is 0 Å². The van der Waals surface area contributed by atoms with Crippen LogP contribution in [0.25, 0.3) is 0 Å². The molecule has 90 valence electrons. The zero-order valence-corrected chi connectivity index (χ0v) is 9.72. The van der Waals surface area contributed by atoms with Crippen LogP contribution in [0.2, 0.25) is 0 Å². The molecule has 0 spiro atoms. The minimum Gasteiger partial charge on any atom is -0.412 e. The highest BCUT2D eigenvalue weighted by Gasteiger charge is 2.14. The molecule has 0 unspecified atom stereocenters. The van der Waals surface area contributed by atoms with Gasteiger partial charge in [-0.1, -0.05) is 0 Å². The molecule has 15 heavy (non-hydrogen) atoms. The number of aryl methyl sites for hydroxylation is 1. The summed E-state index contributed by atoms with van der Waals surface area (Å²) in [7, 11) is 0. The van der Waals surface area contributed by atoms with Crippen LogP contribution >= 0.6 is 24.8 Å². The molecule has 0 radical (unpaired) electrons. The van der Waals surface area contributed by atoms with Crippen LogP contribution in [0.5, 0.6) is 0 Å². The summed E-state index contributed by atoms with van der Waals surface area (Å²) < 4.78 is 0. The van der Waals surface area contributed by atoms with Gasteiger partial charge in [0, 0.05) is 13.1 Å². The maximum atomic E-state index is 11.2. The van der Waals surface area contributed by atoms with Gasteiger partial charge in [-0.15, -0.1) is 24.8 Å². The zero-order valence-electron chi connectivity index (χ0n) is 8.09. The van der Waals surface area contributed by atoms with E-state index in [4.69, 9.17) is 0 Å².